The lowest BCUT2D eigenvalue weighted by atomic mass is 9.99. The monoisotopic (exact) mass is 237 g/mol. The van der Waals surface area contributed by atoms with Crippen molar-refractivity contribution in [3.8, 4) is 0 Å². The molecule has 1 aromatic rings. The molecule has 0 aromatic carbocycles. The van der Waals surface area contributed by atoms with Gasteiger partial charge in [-0.3, -0.25) is 9.69 Å². The third-order valence-corrected chi connectivity index (χ3v) is 3.51. The minimum atomic E-state index is -0.682. The Morgan fingerprint density at radius 3 is 2.94 bits per heavy atom. The summed E-state index contributed by atoms with van der Waals surface area (Å²) in [6, 6.07) is 0. The van der Waals surface area contributed by atoms with Gasteiger partial charge in [-0.2, -0.15) is 0 Å². The van der Waals surface area contributed by atoms with Crippen molar-refractivity contribution < 1.29 is 9.90 Å². The number of carboxylic acid groups (broad SMARTS) is 1. The third-order valence-electron chi connectivity index (χ3n) is 3.51. The van der Waals surface area contributed by atoms with Gasteiger partial charge in [0.25, 0.3) is 0 Å². The van der Waals surface area contributed by atoms with Gasteiger partial charge >= 0.3 is 5.97 Å². The van der Waals surface area contributed by atoms with Gasteiger partial charge < -0.3 is 9.67 Å². The van der Waals surface area contributed by atoms with Crippen LogP contribution in [-0.4, -0.2) is 38.6 Å². The molecule has 5 heteroatoms. The highest BCUT2D eigenvalue weighted by molar-refractivity contribution is 5.71. The molecule has 17 heavy (non-hydrogen) atoms. The number of carboxylic acids is 1. The molecule has 1 aliphatic rings. The maximum absolute atomic E-state index is 11.0. The molecule has 2 rings (SSSR count). The number of rotatable bonds is 4. The molecule has 0 spiro atoms. The molecule has 5 nitrogen and oxygen atoms in total. The molecule has 0 saturated carbocycles. The van der Waals surface area contributed by atoms with E-state index in [9.17, 15) is 4.79 Å². The van der Waals surface area contributed by atoms with Crippen molar-refractivity contribution in [1.29, 1.82) is 0 Å². The van der Waals surface area contributed by atoms with Gasteiger partial charge in [0.2, 0.25) is 0 Å². The van der Waals surface area contributed by atoms with Crippen LogP contribution in [0.15, 0.2) is 12.4 Å². The van der Waals surface area contributed by atoms with Gasteiger partial charge in [-0.1, -0.05) is 6.92 Å². The second-order valence-electron chi connectivity index (χ2n) is 4.75. The Morgan fingerprint density at radius 2 is 2.35 bits per heavy atom. The van der Waals surface area contributed by atoms with Crippen LogP contribution in [0.5, 0.6) is 0 Å². The summed E-state index contributed by atoms with van der Waals surface area (Å²) in [7, 11) is 0. The van der Waals surface area contributed by atoms with E-state index in [0.717, 1.165) is 25.5 Å². The normalized spacial score (nSPS) is 25.3. The first-order chi connectivity index (χ1) is 8.11. The van der Waals surface area contributed by atoms with E-state index in [0.29, 0.717) is 6.54 Å². The summed E-state index contributed by atoms with van der Waals surface area (Å²) in [4.78, 5) is 17.5. The smallest absolute Gasteiger partial charge is 0.308 e. The molecule has 1 N–H and O–H groups in total. The molecule has 1 saturated heterocycles. The Kier molecular flexibility index (Phi) is 3.47. The molecule has 94 valence electrons. The van der Waals surface area contributed by atoms with Crippen LogP contribution in [0.1, 0.15) is 19.7 Å². The Hall–Kier alpha value is -1.36. The Balaban J connectivity index is 2.00. The Labute approximate surface area is 101 Å². The molecule has 2 heterocycles. The minimum Gasteiger partial charge on any atom is -0.481 e. The van der Waals surface area contributed by atoms with E-state index in [2.05, 4.69) is 21.4 Å². The number of nitrogens with zero attached hydrogens (tertiary/aromatic N) is 3. The predicted octanol–water partition coefficient (Wildman–Crippen LogP) is 1.06. The molecular weight excluding hydrogens is 218 g/mol. The third kappa shape index (κ3) is 2.49. The highest BCUT2D eigenvalue weighted by atomic mass is 16.4. The van der Waals surface area contributed by atoms with E-state index < -0.39 is 5.97 Å². The summed E-state index contributed by atoms with van der Waals surface area (Å²) in [5.41, 5.74) is 0. The molecule has 1 fully saturated rings. The average Bonchev–Trinajstić information content (AvgIpc) is 2.85. The number of aryl methyl sites for hydroxylation is 1. The molecule has 0 radical (unpaired) electrons. The average molecular weight is 237 g/mol. The maximum atomic E-state index is 11.0. The topological polar surface area (TPSA) is 58.4 Å². The van der Waals surface area contributed by atoms with Crippen molar-refractivity contribution in [3.05, 3.63) is 18.2 Å². The fraction of sp³-hybridized carbons (Fsp3) is 0.667. The fourth-order valence-corrected chi connectivity index (χ4v) is 2.50. The zero-order valence-corrected chi connectivity index (χ0v) is 10.3. The number of aliphatic carboxylic acids is 1. The number of likely N-dealkylation sites (tertiary alicyclic amines) is 1. The molecule has 0 bridgehead atoms. The molecule has 0 amide bonds. The van der Waals surface area contributed by atoms with Gasteiger partial charge in [0.1, 0.15) is 5.82 Å². The van der Waals surface area contributed by atoms with Crippen LogP contribution in [0.3, 0.4) is 0 Å². The summed E-state index contributed by atoms with van der Waals surface area (Å²) in [5.74, 6) is 0.321. The lowest BCUT2D eigenvalue weighted by Gasteiger charge is -2.15. The molecule has 0 aliphatic carbocycles. The fourth-order valence-electron chi connectivity index (χ4n) is 2.50. The Bertz CT molecular complexity index is 402. The number of hydrogen-bond acceptors (Lipinski definition) is 3. The zero-order valence-electron chi connectivity index (χ0n) is 10.3. The van der Waals surface area contributed by atoms with E-state index in [1.165, 1.54) is 0 Å². The van der Waals surface area contributed by atoms with E-state index in [4.69, 9.17) is 5.11 Å². The molecule has 0 unspecified atom stereocenters. The molecular formula is C12H19N3O2. The van der Waals surface area contributed by atoms with Crippen LogP contribution in [0, 0.1) is 11.8 Å². The molecule has 2 atom stereocenters. The minimum absolute atomic E-state index is 0.220. The zero-order chi connectivity index (χ0) is 12.4. The second-order valence-corrected chi connectivity index (χ2v) is 4.75. The first-order valence-electron chi connectivity index (χ1n) is 6.07. The summed E-state index contributed by atoms with van der Waals surface area (Å²) in [6.45, 7) is 7.21. The molecule has 1 aromatic heterocycles. The largest absolute Gasteiger partial charge is 0.481 e. The van der Waals surface area contributed by atoms with Crippen LogP contribution >= 0.6 is 0 Å². The number of hydrogen-bond donors (Lipinski definition) is 1. The van der Waals surface area contributed by atoms with Gasteiger partial charge in [0.15, 0.2) is 0 Å². The lowest BCUT2D eigenvalue weighted by Crippen LogP contribution is -2.24. The maximum Gasteiger partial charge on any atom is 0.308 e. The van der Waals surface area contributed by atoms with Gasteiger partial charge in [-0.05, 0) is 12.8 Å². The van der Waals surface area contributed by atoms with Crippen molar-refractivity contribution in [1.82, 2.24) is 14.5 Å². The van der Waals surface area contributed by atoms with E-state index in [1.807, 2.05) is 13.1 Å². The number of carbonyl (C=O) groups is 1. The van der Waals surface area contributed by atoms with Crippen molar-refractivity contribution in [2.75, 3.05) is 13.1 Å². The van der Waals surface area contributed by atoms with E-state index in [-0.39, 0.29) is 11.8 Å². The standard InChI is InChI=1S/C12H19N3O2/c1-3-15-5-4-13-11(15)8-14-6-9(2)10(7-14)12(16)17/h4-5,9-10H,3,6-8H2,1-2H3,(H,16,17)/t9-,10-/m1/s1. The van der Waals surface area contributed by atoms with Gasteiger partial charge in [-0.25, -0.2) is 4.98 Å². The van der Waals surface area contributed by atoms with Crippen LogP contribution in [0.4, 0.5) is 0 Å². The van der Waals surface area contributed by atoms with Crippen LogP contribution in [0.25, 0.3) is 0 Å². The van der Waals surface area contributed by atoms with Crippen molar-refractivity contribution in [2.45, 2.75) is 26.9 Å². The lowest BCUT2D eigenvalue weighted by molar-refractivity contribution is -0.142. The van der Waals surface area contributed by atoms with Gasteiger partial charge in [0, 0.05) is 32.0 Å². The van der Waals surface area contributed by atoms with Crippen LogP contribution < -0.4 is 0 Å². The van der Waals surface area contributed by atoms with E-state index in [1.54, 1.807) is 6.20 Å². The quantitative estimate of drug-likeness (QED) is 0.850. The van der Waals surface area contributed by atoms with E-state index >= 15 is 0 Å². The van der Waals surface area contributed by atoms with Crippen LogP contribution in [0.2, 0.25) is 0 Å². The highest BCUT2D eigenvalue weighted by Crippen LogP contribution is 2.24. The summed E-state index contributed by atoms with van der Waals surface area (Å²) in [6.07, 6.45) is 3.76. The number of aromatic nitrogens is 2. The Morgan fingerprint density at radius 1 is 1.59 bits per heavy atom. The first kappa shape index (κ1) is 12.1. The summed E-state index contributed by atoms with van der Waals surface area (Å²) in [5, 5.41) is 9.08. The SMILES string of the molecule is CCn1ccnc1CN1C[C@@H](C)[C@H](C(=O)O)C1. The summed E-state index contributed by atoms with van der Waals surface area (Å²) < 4.78 is 2.10. The van der Waals surface area contributed by atoms with Crippen LogP contribution in [-0.2, 0) is 17.9 Å². The van der Waals surface area contributed by atoms with Crippen molar-refractivity contribution >= 4 is 5.97 Å². The predicted molar refractivity (Wildman–Crippen MR) is 63.5 cm³/mol. The summed E-state index contributed by atoms with van der Waals surface area (Å²) >= 11 is 0. The second kappa shape index (κ2) is 4.87. The molecule has 1 aliphatic heterocycles. The van der Waals surface area contributed by atoms with Gasteiger partial charge in [0.05, 0.1) is 12.5 Å². The number of imidazole rings is 1. The highest BCUT2D eigenvalue weighted by Gasteiger charge is 2.34. The van der Waals surface area contributed by atoms with Gasteiger partial charge in [-0.15, -0.1) is 0 Å². The van der Waals surface area contributed by atoms with Crippen molar-refractivity contribution in [2.24, 2.45) is 11.8 Å². The van der Waals surface area contributed by atoms with Crippen molar-refractivity contribution in [3.63, 3.8) is 0 Å². The first-order valence-corrected chi connectivity index (χ1v) is 6.07.